The van der Waals surface area contributed by atoms with E-state index in [9.17, 15) is 9.59 Å². The summed E-state index contributed by atoms with van der Waals surface area (Å²) < 4.78 is 10.1. The Hall–Kier alpha value is -2.62. The van der Waals surface area contributed by atoms with E-state index in [0.717, 1.165) is 0 Å². The van der Waals surface area contributed by atoms with Crippen LogP contribution in [-0.4, -0.2) is 25.0 Å². The molecule has 2 aromatic carbocycles. The van der Waals surface area contributed by atoms with E-state index in [1.807, 2.05) is 12.1 Å². The molecule has 0 amide bonds. The van der Waals surface area contributed by atoms with E-state index in [1.54, 1.807) is 48.5 Å². The molecule has 0 saturated heterocycles. The highest BCUT2D eigenvalue weighted by Crippen LogP contribution is 2.08. The van der Waals surface area contributed by atoms with Gasteiger partial charge in [-0.2, -0.15) is 0 Å². The number of carbonyl (C=O) groups excluding carboxylic acids is 2. The van der Waals surface area contributed by atoms with Crippen LogP contribution < -0.4 is 4.74 Å². The van der Waals surface area contributed by atoms with Gasteiger partial charge in [-0.3, -0.25) is 4.79 Å². The van der Waals surface area contributed by atoms with Crippen LogP contribution in [0.25, 0.3) is 0 Å². The normalized spacial score (nSPS) is 9.80. The van der Waals surface area contributed by atoms with Gasteiger partial charge in [-0.15, -0.1) is 0 Å². The Morgan fingerprint density at radius 3 is 2.05 bits per heavy atom. The molecular formula is C16H14O4. The number of ether oxygens (including phenoxy) is 2. The van der Waals surface area contributed by atoms with Crippen molar-refractivity contribution in [3.05, 3.63) is 66.2 Å². The minimum absolute atomic E-state index is 0.216. The second-order valence-electron chi connectivity index (χ2n) is 4.05. The first-order valence-electron chi connectivity index (χ1n) is 6.17. The quantitative estimate of drug-likeness (QED) is 0.597. The summed E-state index contributed by atoms with van der Waals surface area (Å²) in [4.78, 5) is 23.2. The van der Waals surface area contributed by atoms with Gasteiger partial charge in [-0.25, -0.2) is 4.79 Å². The molecule has 0 aliphatic heterocycles. The maximum Gasteiger partial charge on any atom is 0.344 e. The number of para-hydroxylation sites is 1. The molecule has 2 rings (SSSR count). The average Bonchev–Trinajstić information content (AvgIpc) is 2.52. The zero-order valence-corrected chi connectivity index (χ0v) is 10.8. The third-order valence-electron chi connectivity index (χ3n) is 2.56. The van der Waals surface area contributed by atoms with Crippen molar-refractivity contribution < 1.29 is 19.1 Å². The topological polar surface area (TPSA) is 52.6 Å². The summed E-state index contributed by atoms with van der Waals surface area (Å²) in [6, 6.07) is 17.6. The fraction of sp³-hybridized carbons (Fsp3) is 0.125. The first-order valence-corrected chi connectivity index (χ1v) is 6.17. The maximum absolute atomic E-state index is 11.7. The fourth-order valence-electron chi connectivity index (χ4n) is 1.55. The molecule has 0 spiro atoms. The highest BCUT2D eigenvalue weighted by molar-refractivity contribution is 5.97. The van der Waals surface area contributed by atoms with Gasteiger partial charge in [0.15, 0.2) is 19.0 Å². The van der Waals surface area contributed by atoms with E-state index >= 15 is 0 Å². The van der Waals surface area contributed by atoms with Gasteiger partial charge in [0, 0.05) is 5.56 Å². The summed E-state index contributed by atoms with van der Waals surface area (Å²) in [6.45, 7) is -0.493. The number of hydrogen-bond donors (Lipinski definition) is 0. The van der Waals surface area contributed by atoms with Crippen LogP contribution in [0.3, 0.4) is 0 Å². The van der Waals surface area contributed by atoms with Gasteiger partial charge in [0.2, 0.25) is 0 Å². The van der Waals surface area contributed by atoms with Crippen molar-refractivity contribution in [2.45, 2.75) is 0 Å². The number of esters is 1. The first kappa shape index (κ1) is 13.8. The molecule has 0 N–H and O–H groups in total. The Balaban J connectivity index is 1.74. The van der Waals surface area contributed by atoms with E-state index in [2.05, 4.69) is 0 Å². The third-order valence-corrected chi connectivity index (χ3v) is 2.56. The monoisotopic (exact) mass is 270 g/mol. The Kier molecular flexibility index (Phi) is 4.89. The summed E-state index contributed by atoms with van der Waals surface area (Å²) in [7, 11) is 0. The van der Waals surface area contributed by atoms with Crippen LogP contribution in [0.2, 0.25) is 0 Å². The summed E-state index contributed by atoms with van der Waals surface area (Å²) in [5.74, 6) is -0.226. The van der Waals surface area contributed by atoms with E-state index in [-0.39, 0.29) is 19.0 Å². The van der Waals surface area contributed by atoms with Gasteiger partial charge in [0.25, 0.3) is 0 Å². The number of ketones is 1. The van der Waals surface area contributed by atoms with Gasteiger partial charge < -0.3 is 9.47 Å². The molecule has 0 aromatic heterocycles. The molecule has 2 aromatic rings. The molecule has 0 bridgehead atoms. The largest absolute Gasteiger partial charge is 0.482 e. The van der Waals surface area contributed by atoms with E-state index in [1.165, 1.54) is 0 Å². The third kappa shape index (κ3) is 4.24. The van der Waals surface area contributed by atoms with Crippen LogP contribution in [0.15, 0.2) is 60.7 Å². The zero-order valence-electron chi connectivity index (χ0n) is 10.8. The second kappa shape index (κ2) is 7.09. The lowest BCUT2D eigenvalue weighted by Gasteiger charge is -2.06. The molecule has 20 heavy (non-hydrogen) atoms. The van der Waals surface area contributed by atoms with Crippen molar-refractivity contribution in [3.63, 3.8) is 0 Å². The van der Waals surface area contributed by atoms with Gasteiger partial charge in [0.05, 0.1) is 0 Å². The van der Waals surface area contributed by atoms with Crippen LogP contribution in [0.4, 0.5) is 0 Å². The molecule has 0 radical (unpaired) electrons. The van der Waals surface area contributed by atoms with Gasteiger partial charge in [-0.1, -0.05) is 48.5 Å². The molecule has 0 unspecified atom stereocenters. The molecule has 102 valence electrons. The highest BCUT2D eigenvalue weighted by atomic mass is 16.6. The number of hydrogen-bond acceptors (Lipinski definition) is 4. The van der Waals surface area contributed by atoms with Crippen molar-refractivity contribution >= 4 is 11.8 Å². The lowest BCUT2D eigenvalue weighted by Crippen LogP contribution is -2.19. The van der Waals surface area contributed by atoms with Crippen molar-refractivity contribution in [1.82, 2.24) is 0 Å². The predicted octanol–water partition coefficient (Wildman–Crippen LogP) is 2.49. The fourth-order valence-corrected chi connectivity index (χ4v) is 1.55. The average molecular weight is 270 g/mol. The summed E-state index contributed by atoms with van der Waals surface area (Å²) in [5.41, 5.74) is 0.518. The molecule has 0 aliphatic rings. The predicted molar refractivity (Wildman–Crippen MR) is 73.7 cm³/mol. The zero-order chi connectivity index (χ0) is 14.2. The Morgan fingerprint density at radius 1 is 0.800 bits per heavy atom. The maximum atomic E-state index is 11.7. The lowest BCUT2D eigenvalue weighted by atomic mass is 10.1. The summed E-state index contributed by atoms with van der Waals surface area (Å²) in [5, 5.41) is 0. The molecule has 4 heteroatoms. The van der Waals surface area contributed by atoms with E-state index in [4.69, 9.17) is 9.47 Å². The summed E-state index contributed by atoms with van der Waals surface area (Å²) >= 11 is 0. The van der Waals surface area contributed by atoms with Gasteiger partial charge >= 0.3 is 5.97 Å². The Labute approximate surface area is 116 Å². The molecular weight excluding hydrogens is 256 g/mol. The molecule has 0 atom stereocenters. The van der Waals surface area contributed by atoms with Crippen LogP contribution in [0, 0.1) is 0 Å². The van der Waals surface area contributed by atoms with Crippen molar-refractivity contribution in [1.29, 1.82) is 0 Å². The van der Waals surface area contributed by atoms with Gasteiger partial charge in [-0.05, 0) is 12.1 Å². The van der Waals surface area contributed by atoms with Gasteiger partial charge in [0.1, 0.15) is 5.75 Å². The minimum atomic E-state index is -0.571. The molecule has 4 nitrogen and oxygen atoms in total. The highest BCUT2D eigenvalue weighted by Gasteiger charge is 2.10. The number of rotatable bonds is 6. The SMILES string of the molecule is O=C(COc1ccccc1)OCC(=O)c1ccccc1. The molecule has 0 saturated carbocycles. The second-order valence-corrected chi connectivity index (χ2v) is 4.05. The lowest BCUT2D eigenvalue weighted by molar-refractivity contribution is -0.144. The Bertz CT molecular complexity index is 564. The molecule has 0 fully saturated rings. The summed E-state index contributed by atoms with van der Waals surface area (Å²) in [6.07, 6.45) is 0. The van der Waals surface area contributed by atoms with Crippen molar-refractivity contribution in [2.24, 2.45) is 0 Å². The number of Topliss-reactive ketones (excluding diaryl/α,β-unsaturated/α-hetero) is 1. The first-order chi connectivity index (χ1) is 9.75. The van der Waals surface area contributed by atoms with Crippen LogP contribution in [0.1, 0.15) is 10.4 Å². The van der Waals surface area contributed by atoms with Crippen LogP contribution in [0.5, 0.6) is 5.75 Å². The minimum Gasteiger partial charge on any atom is -0.482 e. The van der Waals surface area contributed by atoms with Crippen LogP contribution >= 0.6 is 0 Å². The number of carbonyl (C=O) groups is 2. The molecule has 0 aliphatic carbocycles. The van der Waals surface area contributed by atoms with Crippen molar-refractivity contribution in [3.8, 4) is 5.75 Å². The van der Waals surface area contributed by atoms with E-state index < -0.39 is 5.97 Å². The van der Waals surface area contributed by atoms with Crippen molar-refractivity contribution in [2.75, 3.05) is 13.2 Å². The Morgan fingerprint density at radius 2 is 1.40 bits per heavy atom. The smallest absolute Gasteiger partial charge is 0.344 e. The van der Waals surface area contributed by atoms with E-state index in [0.29, 0.717) is 11.3 Å². The number of benzene rings is 2. The molecule has 0 heterocycles. The standard InChI is InChI=1S/C16H14O4/c17-15(13-7-3-1-4-8-13)11-20-16(18)12-19-14-9-5-2-6-10-14/h1-10H,11-12H2. The van der Waals surface area contributed by atoms with Crippen LogP contribution in [-0.2, 0) is 9.53 Å².